The molecule has 1 aromatic heterocycles. The minimum absolute atomic E-state index is 0.203. The molecule has 174 valence electrons. The molecule has 0 aliphatic carbocycles. The van der Waals surface area contributed by atoms with Gasteiger partial charge in [0.25, 0.3) is 0 Å². The number of hydrogen-bond acceptors (Lipinski definition) is 3. The summed E-state index contributed by atoms with van der Waals surface area (Å²) in [6.45, 7) is 8.88. The van der Waals surface area contributed by atoms with Gasteiger partial charge in [-0.25, -0.2) is 4.39 Å². The van der Waals surface area contributed by atoms with Crippen molar-refractivity contribution in [2.45, 2.75) is 26.9 Å². The van der Waals surface area contributed by atoms with Gasteiger partial charge in [0.05, 0.1) is 33.7 Å². The molecule has 0 spiro atoms. The predicted molar refractivity (Wildman–Crippen MR) is 137 cm³/mol. The summed E-state index contributed by atoms with van der Waals surface area (Å²) in [7, 11) is 0. The fourth-order valence-corrected chi connectivity index (χ4v) is 4.59. The summed E-state index contributed by atoms with van der Waals surface area (Å²) in [5.74, 6) is -0.203. The molecule has 0 radical (unpaired) electrons. The van der Waals surface area contributed by atoms with Crippen LogP contribution in [0.1, 0.15) is 22.5 Å². The normalized spacial score (nSPS) is 14.5. The van der Waals surface area contributed by atoms with E-state index in [4.69, 9.17) is 35.4 Å². The average molecular weight is 506 g/mol. The van der Waals surface area contributed by atoms with E-state index in [1.54, 1.807) is 6.07 Å². The molecule has 33 heavy (non-hydrogen) atoms. The van der Waals surface area contributed by atoms with Gasteiger partial charge in [-0.15, -0.1) is 0 Å². The Balaban J connectivity index is 1.35. The van der Waals surface area contributed by atoms with E-state index in [1.807, 2.05) is 42.8 Å². The summed E-state index contributed by atoms with van der Waals surface area (Å²) in [6.07, 6.45) is 0. The van der Waals surface area contributed by atoms with Crippen molar-refractivity contribution in [2.75, 3.05) is 31.5 Å². The fourth-order valence-electron chi connectivity index (χ4n) is 3.99. The van der Waals surface area contributed by atoms with Gasteiger partial charge in [-0.2, -0.15) is 5.10 Å². The third-order valence-electron chi connectivity index (χ3n) is 5.91. The summed E-state index contributed by atoms with van der Waals surface area (Å²) >= 11 is 17.9. The highest BCUT2D eigenvalue weighted by molar-refractivity contribution is 7.80. The first-order valence-corrected chi connectivity index (χ1v) is 12.0. The van der Waals surface area contributed by atoms with Gasteiger partial charge >= 0.3 is 0 Å². The highest BCUT2D eigenvalue weighted by atomic mass is 35.5. The molecule has 0 bridgehead atoms. The molecule has 0 saturated carbocycles. The van der Waals surface area contributed by atoms with Gasteiger partial charge in [0.1, 0.15) is 5.82 Å². The number of aromatic nitrogens is 2. The smallest absolute Gasteiger partial charge is 0.173 e. The topological polar surface area (TPSA) is 36.3 Å². The number of piperazine rings is 1. The van der Waals surface area contributed by atoms with Crippen LogP contribution in [0.4, 0.5) is 10.1 Å². The van der Waals surface area contributed by atoms with Crippen molar-refractivity contribution in [3.8, 4) is 0 Å². The van der Waals surface area contributed by atoms with Crippen LogP contribution in [0.3, 0.4) is 0 Å². The van der Waals surface area contributed by atoms with Crippen LogP contribution in [0.2, 0.25) is 10.0 Å². The Bertz CT molecular complexity index is 1140. The van der Waals surface area contributed by atoms with Crippen LogP contribution >= 0.6 is 35.4 Å². The molecule has 2 aromatic carbocycles. The Labute approximate surface area is 209 Å². The second-order valence-electron chi connectivity index (χ2n) is 8.27. The maximum Gasteiger partial charge on any atom is 0.173 e. The highest BCUT2D eigenvalue weighted by Gasteiger charge is 2.21. The number of nitrogens with one attached hydrogen (secondary N) is 1. The molecule has 1 fully saturated rings. The fraction of sp³-hybridized carbons (Fsp3) is 0.333. The largest absolute Gasteiger partial charge is 0.346 e. The number of anilines is 1. The quantitative estimate of drug-likeness (QED) is 0.462. The zero-order chi connectivity index (χ0) is 23.5. The van der Waals surface area contributed by atoms with Gasteiger partial charge in [0.2, 0.25) is 0 Å². The summed E-state index contributed by atoms with van der Waals surface area (Å²) in [6, 6.07) is 12.3. The van der Waals surface area contributed by atoms with Gasteiger partial charge in [0.15, 0.2) is 5.11 Å². The first kappa shape index (κ1) is 24.0. The van der Waals surface area contributed by atoms with Crippen LogP contribution in [-0.2, 0) is 13.1 Å². The van der Waals surface area contributed by atoms with Crippen molar-refractivity contribution in [2.24, 2.45) is 0 Å². The number of thiocarbonyl (C=S) groups is 1. The number of hydrogen-bond donors (Lipinski definition) is 1. The van der Waals surface area contributed by atoms with Crippen molar-refractivity contribution < 1.29 is 4.39 Å². The Morgan fingerprint density at radius 2 is 1.64 bits per heavy atom. The molecular weight excluding hydrogens is 480 g/mol. The zero-order valence-corrected chi connectivity index (χ0v) is 20.9. The Morgan fingerprint density at radius 1 is 0.970 bits per heavy atom. The van der Waals surface area contributed by atoms with Gasteiger partial charge in [0, 0.05) is 32.7 Å². The van der Waals surface area contributed by atoms with E-state index in [9.17, 15) is 4.39 Å². The van der Waals surface area contributed by atoms with Gasteiger partial charge < -0.3 is 10.2 Å². The molecule has 4 rings (SSSR count). The van der Waals surface area contributed by atoms with E-state index in [2.05, 4.69) is 20.2 Å². The predicted octanol–water partition coefficient (Wildman–Crippen LogP) is 5.51. The molecule has 9 heteroatoms. The van der Waals surface area contributed by atoms with E-state index >= 15 is 0 Å². The number of aryl methyl sites for hydroxylation is 1. The summed E-state index contributed by atoms with van der Waals surface area (Å²) < 4.78 is 15.1. The van der Waals surface area contributed by atoms with Gasteiger partial charge in [-0.3, -0.25) is 9.58 Å². The maximum absolute atomic E-state index is 13.1. The second kappa shape index (κ2) is 10.4. The number of benzene rings is 2. The molecule has 1 saturated heterocycles. The monoisotopic (exact) mass is 505 g/mol. The molecule has 5 nitrogen and oxygen atoms in total. The van der Waals surface area contributed by atoms with E-state index in [1.165, 1.54) is 12.1 Å². The van der Waals surface area contributed by atoms with E-state index in [-0.39, 0.29) is 5.82 Å². The molecule has 3 aromatic rings. The summed E-state index contributed by atoms with van der Waals surface area (Å²) in [5, 5.41) is 9.88. The third kappa shape index (κ3) is 5.84. The molecular formula is C24H26Cl2FN5S. The van der Waals surface area contributed by atoms with E-state index in [0.29, 0.717) is 21.7 Å². The first-order valence-electron chi connectivity index (χ1n) is 10.8. The maximum atomic E-state index is 13.1. The zero-order valence-electron chi connectivity index (χ0n) is 18.6. The standard InChI is InChI=1S/C24H26Cl2FN5S/c1-16-23(17(2)32(29-16)15-19-5-8-21(25)22(26)13-19)28-24(33)31-11-9-30(10-12-31)14-18-3-6-20(27)7-4-18/h3-8,13H,9-12,14-15H2,1-2H3,(H,28,33). The van der Waals surface area contributed by atoms with Crippen molar-refractivity contribution in [3.63, 3.8) is 0 Å². The van der Waals surface area contributed by atoms with E-state index < -0.39 is 0 Å². The number of halogens is 3. The van der Waals surface area contributed by atoms with Crippen LogP contribution in [0.15, 0.2) is 42.5 Å². The lowest BCUT2D eigenvalue weighted by atomic mass is 10.2. The molecule has 1 aliphatic rings. The Kier molecular flexibility index (Phi) is 7.54. The molecule has 0 unspecified atom stereocenters. The number of rotatable bonds is 5. The molecule has 0 amide bonds. The summed E-state index contributed by atoms with van der Waals surface area (Å²) in [4.78, 5) is 4.55. The second-order valence-corrected chi connectivity index (χ2v) is 9.47. The Hall–Kier alpha value is -2.19. The van der Waals surface area contributed by atoms with Crippen LogP contribution in [-0.4, -0.2) is 50.9 Å². The molecule has 1 N–H and O–H groups in total. The SMILES string of the molecule is Cc1nn(Cc2ccc(Cl)c(Cl)c2)c(C)c1NC(=S)N1CCN(Cc2ccc(F)cc2)CC1. The lowest BCUT2D eigenvalue weighted by Crippen LogP contribution is -2.49. The lowest BCUT2D eigenvalue weighted by Gasteiger charge is -2.36. The minimum Gasteiger partial charge on any atom is -0.346 e. The lowest BCUT2D eigenvalue weighted by molar-refractivity contribution is 0.177. The van der Waals surface area contributed by atoms with Crippen molar-refractivity contribution in [3.05, 3.63) is 80.8 Å². The van der Waals surface area contributed by atoms with Crippen LogP contribution in [0.5, 0.6) is 0 Å². The first-order chi connectivity index (χ1) is 15.8. The van der Waals surface area contributed by atoms with Crippen LogP contribution in [0, 0.1) is 19.7 Å². The number of nitrogens with zero attached hydrogens (tertiary/aromatic N) is 4. The minimum atomic E-state index is -0.203. The van der Waals surface area contributed by atoms with E-state index in [0.717, 1.165) is 60.9 Å². The van der Waals surface area contributed by atoms with Crippen LogP contribution < -0.4 is 5.32 Å². The van der Waals surface area contributed by atoms with Gasteiger partial charge in [-0.05, 0) is 61.5 Å². The van der Waals surface area contributed by atoms with Crippen LogP contribution in [0.25, 0.3) is 0 Å². The molecule has 0 atom stereocenters. The highest BCUT2D eigenvalue weighted by Crippen LogP contribution is 2.25. The molecule has 2 heterocycles. The van der Waals surface area contributed by atoms with Gasteiger partial charge in [-0.1, -0.05) is 41.4 Å². The average Bonchev–Trinajstić information content (AvgIpc) is 3.05. The van der Waals surface area contributed by atoms with Crippen molar-refractivity contribution >= 4 is 46.2 Å². The third-order valence-corrected chi connectivity index (χ3v) is 7.01. The summed E-state index contributed by atoms with van der Waals surface area (Å²) in [5.41, 5.74) is 4.99. The van der Waals surface area contributed by atoms with Crippen molar-refractivity contribution in [1.29, 1.82) is 0 Å². The Morgan fingerprint density at radius 3 is 2.30 bits per heavy atom. The molecule has 1 aliphatic heterocycles. The van der Waals surface area contributed by atoms with Crippen molar-refractivity contribution in [1.82, 2.24) is 19.6 Å².